The van der Waals surface area contributed by atoms with E-state index in [4.69, 9.17) is 0 Å². The van der Waals surface area contributed by atoms with Crippen molar-refractivity contribution in [2.24, 2.45) is 5.92 Å². The minimum Gasteiger partial charge on any atom is -0.303 e. The van der Waals surface area contributed by atoms with Crippen LogP contribution in [0.3, 0.4) is 0 Å². The molecule has 0 unspecified atom stereocenters. The molecular weight excluding hydrogens is 174 g/mol. The highest BCUT2D eigenvalue weighted by Crippen LogP contribution is 2.35. The summed E-state index contributed by atoms with van der Waals surface area (Å²) in [6, 6.07) is 0.969. The summed E-state index contributed by atoms with van der Waals surface area (Å²) in [5.41, 5.74) is 0. The summed E-state index contributed by atoms with van der Waals surface area (Å²) >= 11 is 0. The second kappa shape index (κ2) is 3.39. The Kier molecular flexibility index (Phi) is 2.54. The molecule has 0 radical (unpaired) electrons. The lowest BCUT2D eigenvalue weighted by atomic mass is 9.80. The average Bonchev–Trinajstić information content (AvgIpc) is 2.03. The SMILES string of the molecule is C[Si](C)(C)CN1CC2CCC1CC2. The fourth-order valence-corrected chi connectivity index (χ4v) is 4.58. The summed E-state index contributed by atoms with van der Waals surface area (Å²) in [6.45, 7) is 8.91. The van der Waals surface area contributed by atoms with Crippen molar-refractivity contribution >= 4 is 8.07 Å². The summed E-state index contributed by atoms with van der Waals surface area (Å²) in [6.07, 6.45) is 7.47. The first kappa shape index (κ1) is 9.72. The lowest BCUT2D eigenvalue weighted by Gasteiger charge is -2.47. The molecule has 1 aliphatic carbocycles. The van der Waals surface area contributed by atoms with Gasteiger partial charge in [0, 0.05) is 12.6 Å². The largest absolute Gasteiger partial charge is 0.303 e. The van der Waals surface area contributed by atoms with Crippen LogP contribution >= 0.6 is 0 Å². The number of hydrogen-bond donors (Lipinski definition) is 0. The van der Waals surface area contributed by atoms with E-state index in [1.54, 1.807) is 0 Å². The first-order chi connectivity index (χ1) is 6.04. The predicted molar refractivity (Wildman–Crippen MR) is 60.7 cm³/mol. The summed E-state index contributed by atoms with van der Waals surface area (Å²) in [5.74, 6) is 1.06. The molecule has 2 bridgehead atoms. The van der Waals surface area contributed by atoms with Crippen LogP contribution in [0.2, 0.25) is 19.6 Å². The summed E-state index contributed by atoms with van der Waals surface area (Å²) in [7, 11) is -0.856. The Labute approximate surface area is 83.5 Å². The molecule has 2 heterocycles. The molecule has 3 aliphatic rings. The molecule has 0 aromatic carbocycles. The van der Waals surface area contributed by atoms with Gasteiger partial charge in [0.1, 0.15) is 0 Å². The molecule has 13 heavy (non-hydrogen) atoms. The second-order valence-corrected chi connectivity index (χ2v) is 11.6. The maximum atomic E-state index is 2.81. The van der Waals surface area contributed by atoms with E-state index >= 15 is 0 Å². The number of hydrogen-bond acceptors (Lipinski definition) is 1. The molecule has 0 amide bonds. The van der Waals surface area contributed by atoms with Crippen LogP contribution in [0, 0.1) is 5.92 Å². The van der Waals surface area contributed by atoms with Gasteiger partial charge in [-0.3, -0.25) is 0 Å². The molecule has 0 spiro atoms. The summed E-state index contributed by atoms with van der Waals surface area (Å²) < 4.78 is 0. The maximum absolute atomic E-state index is 2.81. The molecule has 0 N–H and O–H groups in total. The van der Waals surface area contributed by atoms with E-state index in [0.29, 0.717) is 0 Å². The van der Waals surface area contributed by atoms with Crippen molar-refractivity contribution in [3.8, 4) is 0 Å². The Hall–Kier alpha value is 0.177. The molecule has 3 rings (SSSR count). The van der Waals surface area contributed by atoms with Crippen molar-refractivity contribution in [2.75, 3.05) is 12.7 Å². The third-order valence-electron chi connectivity index (χ3n) is 3.50. The van der Waals surface area contributed by atoms with Gasteiger partial charge < -0.3 is 4.90 Å². The minimum absolute atomic E-state index is 0.856. The third-order valence-corrected chi connectivity index (χ3v) is 4.86. The Morgan fingerprint density at radius 3 is 2.08 bits per heavy atom. The Balaban J connectivity index is 1.94. The minimum atomic E-state index is -0.856. The second-order valence-electron chi connectivity index (χ2n) is 6.16. The molecule has 76 valence electrons. The van der Waals surface area contributed by atoms with E-state index in [2.05, 4.69) is 24.5 Å². The first-order valence-corrected chi connectivity index (χ1v) is 9.49. The lowest BCUT2D eigenvalue weighted by Crippen LogP contribution is -2.53. The first-order valence-electron chi connectivity index (χ1n) is 5.79. The van der Waals surface area contributed by atoms with E-state index in [1.165, 1.54) is 38.4 Å². The fraction of sp³-hybridized carbons (Fsp3) is 1.00. The van der Waals surface area contributed by atoms with Gasteiger partial charge in [0.25, 0.3) is 0 Å². The van der Waals surface area contributed by atoms with Crippen LogP contribution in [0.5, 0.6) is 0 Å². The monoisotopic (exact) mass is 197 g/mol. The Morgan fingerprint density at radius 2 is 1.69 bits per heavy atom. The van der Waals surface area contributed by atoms with Crippen LogP contribution in [-0.4, -0.2) is 31.7 Å². The highest BCUT2D eigenvalue weighted by Gasteiger charge is 2.35. The Bertz CT molecular complexity index is 177. The van der Waals surface area contributed by atoms with Gasteiger partial charge in [-0.15, -0.1) is 0 Å². The number of piperidine rings is 2. The van der Waals surface area contributed by atoms with Crippen molar-refractivity contribution in [1.29, 1.82) is 0 Å². The molecule has 2 aliphatic heterocycles. The zero-order valence-corrected chi connectivity index (χ0v) is 10.3. The zero-order chi connectivity index (χ0) is 9.47. The van der Waals surface area contributed by atoms with E-state index in [9.17, 15) is 0 Å². The average molecular weight is 197 g/mol. The van der Waals surface area contributed by atoms with Crippen molar-refractivity contribution in [3.63, 3.8) is 0 Å². The van der Waals surface area contributed by atoms with Gasteiger partial charge in [0.05, 0.1) is 8.07 Å². The molecular formula is C11H23NSi. The number of nitrogens with zero attached hydrogens (tertiary/aromatic N) is 1. The van der Waals surface area contributed by atoms with Crippen molar-refractivity contribution in [2.45, 2.75) is 51.4 Å². The third kappa shape index (κ3) is 2.35. The predicted octanol–water partition coefficient (Wildman–Crippen LogP) is 2.74. The van der Waals surface area contributed by atoms with E-state index in [-0.39, 0.29) is 0 Å². The van der Waals surface area contributed by atoms with E-state index in [1.807, 2.05) is 0 Å². The molecule has 0 aromatic heterocycles. The van der Waals surface area contributed by atoms with Crippen molar-refractivity contribution < 1.29 is 0 Å². The van der Waals surface area contributed by atoms with Gasteiger partial charge in [-0.25, -0.2) is 0 Å². The molecule has 1 saturated carbocycles. The molecule has 2 heteroatoms. The quantitative estimate of drug-likeness (QED) is 0.615. The fourth-order valence-electron chi connectivity index (χ4n) is 2.98. The standard InChI is InChI=1S/C11H23NSi/c1-13(2,3)9-12-8-10-4-6-11(12)7-5-10/h10-11H,4-9H2,1-3H3. The number of fused-ring (bicyclic) bond motifs is 3. The highest BCUT2D eigenvalue weighted by molar-refractivity contribution is 6.76. The lowest BCUT2D eigenvalue weighted by molar-refractivity contribution is 0.0634. The molecule has 3 fully saturated rings. The van der Waals surface area contributed by atoms with Crippen LogP contribution < -0.4 is 0 Å². The molecule has 1 nitrogen and oxygen atoms in total. The van der Waals surface area contributed by atoms with Gasteiger partial charge in [-0.2, -0.15) is 0 Å². The normalized spacial score (nSPS) is 35.3. The van der Waals surface area contributed by atoms with E-state index < -0.39 is 8.07 Å². The number of rotatable bonds is 2. The molecule has 0 aromatic rings. The maximum Gasteiger partial charge on any atom is 0.0599 e. The van der Waals surface area contributed by atoms with Gasteiger partial charge in [-0.1, -0.05) is 19.6 Å². The van der Waals surface area contributed by atoms with Crippen LogP contribution in [-0.2, 0) is 0 Å². The smallest absolute Gasteiger partial charge is 0.0599 e. The highest BCUT2D eigenvalue weighted by atomic mass is 28.3. The van der Waals surface area contributed by atoms with Crippen molar-refractivity contribution in [3.05, 3.63) is 0 Å². The topological polar surface area (TPSA) is 3.24 Å². The summed E-state index contributed by atoms with van der Waals surface area (Å²) in [5, 5.41) is 0. The van der Waals surface area contributed by atoms with Crippen LogP contribution in [0.1, 0.15) is 25.7 Å². The summed E-state index contributed by atoms with van der Waals surface area (Å²) in [4.78, 5) is 2.81. The van der Waals surface area contributed by atoms with E-state index in [0.717, 1.165) is 12.0 Å². The van der Waals surface area contributed by atoms with Crippen LogP contribution in [0.4, 0.5) is 0 Å². The van der Waals surface area contributed by atoms with Gasteiger partial charge in [0.15, 0.2) is 0 Å². The Morgan fingerprint density at radius 1 is 1.08 bits per heavy atom. The van der Waals surface area contributed by atoms with Crippen molar-refractivity contribution in [1.82, 2.24) is 4.90 Å². The van der Waals surface area contributed by atoms with Gasteiger partial charge in [0.2, 0.25) is 0 Å². The molecule has 0 atom stereocenters. The molecule has 2 saturated heterocycles. The van der Waals surface area contributed by atoms with Crippen LogP contribution in [0.25, 0.3) is 0 Å². The van der Waals surface area contributed by atoms with Gasteiger partial charge in [-0.05, 0) is 37.8 Å². The van der Waals surface area contributed by atoms with Crippen LogP contribution in [0.15, 0.2) is 0 Å². The van der Waals surface area contributed by atoms with Gasteiger partial charge >= 0.3 is 0 Å². The zero-order valence-electron chi connectivity index (χ0n) is 9.34.